The summed E-state index contributed by atoms with van der Waals surface area (Å²) in [7, 11) is 2.77. The van der Waals surface area contributed by atoms with Crippen molar-refractivity contribution < 1.29 is 28.5 Å². The number of thiazole rings is 1. The third-order valence-corrected chi connectivity index (χ3v) is 8.81. The molecule has 240 valence electrons. The zero-order valence-corrected chi connectivity index (χ0v) is 28.4. The van der Waals surface area contributed by atoms with E-state index in [9.17, 15) is 9.59 Å². The smallest absolute Gasteiger partial charge is 0.337 e. The number of esters is 1. The Morgan fingerprint density at radius 3 is 2.39 bits per heavy atom. The molecule has 0 fully saturated rings. The first-order chi connectivity index (χ1) is 22.2. The van der Waals surface area contributed by atoms with Gasteiger partial charge in [-0.3, -0.25) is 9.36 Å². The van der Waals surface area contributed by atoms with E-state index in [2.05, 4.69) is 4.99 Å². The van der Waals surface area contributed by atoms with Gasteiger partial charge in [0.15, 0.2) is 27.8 Å². The van der Waals surface area contributed by atoms with Crippen molar-refractivity contribution >= 4 is 58.2 Å². The second-order valence-electron chi connectivity index (χ2n) is 9.81. The number of halogens is 3. The molecule has 0 saturated carbocycles. The maximum Gasteiger partial charge on any atom is 0.337 e. The number of fused-ring (bicyclic) bond motifs is 1. The number of methoxy groups -OCH3 is 2. The number of benzene rings is 3. The van der Waals surface area contributed by atoms with E-state index in [1.807, 2.05) is 13.8 Å². The molecule has 13 heteroatoms. The van der Waals surface area contributed by atoms with Gasteiger partial charge in [-0.15, -0.1) is 0 Å². The minimum Gasteiger partial charge on any atom is -0.493 e. The summed E-state index contributed by atoms with van der Waals surface area (Å²) >= 11 is 20.1. The maximum atomic E-state index is 14.0. The number of aromatic nitrogens is 1. The van der Waals surface area contributed by atoms with Crippen LogP contribution in [0.4, 0.5) is 0 Å². The van der Waals surface area contributed by atoms with Gasteiger partial charge in [-0.25, -0.2) is 9.79 Å². The van der Waals surface area contributed by atoms with Gasteiger partial charge in [0, 0.05) is 21.8 Å². The molecule has 0 radical (unpaired) electrons. The summed E-state index contributed by atoms with van der Waals surface area (Å²) in [5, 5.41) is 1.25. The van der Waals surface area contributed by atoms with Crippen LogP contribution in [-0.4, -0.2) is 38.0 Å². The third-order valence-electron chi connectivity index (χ3n) is 6.94. The molecule has 0 amide bonds. The number of rotatable bonds is 11. The number of nitrogens with zero attached hydrogens (tertiary/aromatic N) is 2. The van der Waals surface area contributed by atoms with E-state index in [1.165, 1.54) is 36.3 Å². The topological polar surface area (TPSA) is 97.6 Å². The van der Waals surface area contributed by atoms with E-state index in [-0.39, 0.29) is 22.8 Å². The molecule has 1 aliphatic heterocycles. The van der Waals surface area contributed by atoms with Crippen LogP contribution in [0.25, 0.3) is 6.08 Å². The molecule has 0 bridgehead atoms. The van der Waals surface area contributed by atoms with Gasteiger partial charge < -0.3 is 23.7 Å². The predicted octanol–water partition coefficient (Wildman–Crippen LogP) is 6.36. The molecule has 4 aromatic rings. The molecular weight excluding hydrogens is 675 g/mol. The van der Waals surface area contributed by atoms with Gasteiger partial charge >= 0.3 is 5.97 Å². The van der Waals surface area contributed by atoms with Gasteiger partial charge in [0.05, 0.1) is 48.6 Å². The molecule has 2 heterocycles. The minimum atomic E-state index is -0.825. The molecule has 5 rings (SSSR count). The molecule has 1 aromatic heterocycles. The molecule has 0 aliphatic carbocycles. The van der Waals surface area contributed by atoms with Gasteiger partial charge in [-0.2, -0.15) is 0 Å². The van der Waals surface area contributed by atoms with Crippen molar-refractivity contribution in [1.29, 1.82) is 0 Å². The molecule has 9 nitrogen and oxygen atoms in total. The SMILES string of the molecule is CCOc1ccc([C@H]2C(C(=O)OC)=CN=c3s/c(=C\c4cc(Cl)c(OCc5ccc(Cl)cc5Cl)c(OC)c4)c(=O)n32)cc1OCC. The number of carbonyl (C=O) groups excluding carboxylic acids is 1. The van der Waals surface area contributed by atoms with Crippen molar-refractivity contribution in [2.75, 3.05) is 27.4 Å². The minimum absolute atomic E-state index is 0.128. The standard InChI is InChI=1S/C33H29Cl3N2O7S/c1-5-43-25-10-8-19(14-26(25)44-6-2)29-22(32(40)42-4)16-37-33-38(29)31(39)28(46-33)13-18-11-24(36)30(27(12-18)41-3)45-17-20-7-9-21(34)15-23(20)35/h7-16,29H,5-6,17H2,1-4H3/b28-13-/t29-/m0/s1. The lowest BCUT2D eigenvalue weighted by Gasteiger charge is -2.23. The number of hydrogen-bond donors (Lipinski definition) is 0. The average molecular weight is 704 g/mol. The molecule has 46 heavy (non-hydrogen) atoms. The van der Waals surface area contributed by atoms with Crippen LogP contribution < -0.4 is 33.8 Å². The van der Waals surface area contributed by atoms with Gasteiger partial charge in [0.25, 0.3) is 5.56 Å². The molecule has 0 unspecified atom stereocenters. The van der Waals surface area contributed by atoms with Gasteiger partial charge in [-0.05, 0) is 67.4 Å². The van der Waals surface area contributed by atoms with Crippen molar-refractivity contribution in [3.63, 3.8) is 0 Å². The molecule has 0 saturated heterocycles. The number of hydrogen-bond acceptors (Lipinski definition) is 9. The van der Waals surface area contributed by atoms with E-state index < -0.39 is 12.0 Å². The summed E-state index contributed by atoms with van der Waals surface area (Å²) < 4.78 is 30.0. The van der Waals surface area contributed by atoms with Crippen LogP contribution in [0.3, 0.4) is 0 Å². The zero-order valence-electron chi connectivity index (χ0n) is 25.3. The van der Waals surface area contributed by atoms with E-state index in [1.54, 1.807) is 54.6 Å². The van der Waals surface area contributed by atoms with E-state index in [0.29, 0.717) is 66.7 Å². The highest BCUT2D eigenvalue weighted by Gasteiger charge is 2.31. The second kappa shape index (κ2) is 14.6. The third kappa shape index (κ3) is 6.90. The van der Waals surface area contributed by atoms with Gasteiger partial charge in [0.1, 0.15) is 6.61 Å². The van der Waals surface area contributed by atoms with Gasteiger partial charge in [-0.1, -0.05) is 58.3 Å². The van der Waals surface area contributed by atoms with Crippen molar-refractivity contribution in [3.8, 4) is 23.0 Å². The van der Waals surface area contributed by atoms with E-state index in [0.717, 1.165) is 5.56 Å². The van der Waals surface area contributed by atoms with Gasteiger partial charge in [0.2, 0.25) is 0 Å². The largest absolute Gasteiger partial charge is 0.493 e. The van der Waals surface area contributed by atoms with Crippen LogP contribution >= 0.6 is 46.1 Å². The van der Waals surface area contributed by atoms with Crippen LogP contribution in [0.5, 0.6) is 23.0 Å². The number of ether oxygens (including phenoxy) is 5. The molecule has 3 aromatic carbocycles. The number of carbonyl (C=O) groups is 1. The molecule has 0 N–H and O–H groups in total. The first kappa shape index (κ1) is 33.4. The van der Waals surface area contributed by atoms with Crippen LogP contribution in [0.15, 0.2) is 70.1 Å². The summed E-state index contributed by atoms with van der Waals surface area (Å²) in [6.45, 7) is 4.71. The molecule has 0 spiro atoms. The van der Waals surface area contributed by atoms with Crippen molar-refractivity contribution in [2.24, 2.45) is 4.99 Å². The lowest BCUT2D eigenvalue weighted by Crippen LogP contribution is -2.39. The Bertz CT molecular complexity index is 2010. The first-order valence-electron chi connectivity index (χ1n) is 14.1. The Labute approximate surface area is 283 Å². The summed E-state index contributed by atoms with van der Waals surface area (Å²) in [5.41, 5.74) is 1.77. The van der Waals surface area contributed by atoms with Crippen molar-refractivity contribution in [3.05, 3.63) is 112 Å². The Morgan fingerprint density at radius 2 is 1.70 bits per heavy atom. The zero-order chi connectivity index (χ0) is 33.0. The quantitative estimate of drug-likeness (QED) is 0.168. The fraction of sp³-hybridized carbons (Fsp3) is 0.242. The van der Waals surface area contributed by atoms with E-state index >= 15 is 0 Å². The van der Waals surface area contributed by atoms with Crippen molar-refractivity contribution in [1.82, 2.24) is 4.57 Å². The van der Waals surface area contributed by atoms with Crippen molar-refractivity contribution in [2.45, 2.75) is 26.5 Å². The highest BCUT2D eigenvalue weighted by molar-refractivity contribution is 7.07. The predicted molar refractivity (Wildman–Crippen MR) is 179 cm³/mol. The summed E-state index contributed by atoms with van der Waals surface area (Å²) in [5.74, 6) is 1.12. The lowest BCUT2D eigenvalue weighted by molar-refractivity contribution is -0.136. The monoisotopic (exact) mass is 702 g/mol. The normalized spacial score (nSPS) is 14.2. The fourth-order valence-electron chi connectivity index (χ4n) is 4.89. The first-order valence-corrected chi connectivity index (χ1v) is 16.1. The second-order valence-corrected chi connectivity index (χ2v) is 12.1. The highest BCUT2D eigenvalue weighted by atomic mass is 35.5. The van der Waals surface area contributed by atoms with Crippen LogP contribution in [-0.2, 0) is 16.1 Å². The fourth-order valence-corrected chi connectivity index (χ4v) is 6.60. The summed E-state index contributed by atoms with van der Waals surface area (Å²) in [6.07, 6.45) is 3.11. The van der Waals surface area contributed by atoms with Crippen LogP contribution in [0.1, 0.15) is 36.6 Å². The Balaban J connectivity index is 1.56. The Hall–Kier alpha value is -3.96. The van der Waals surface area contributed by atoms with E-state index in [4.69, 9.17) is 58.5 Å². The summed E-state index contributed by atoms with van der Waals surface area (Å²) in [6, 6.07) is 13.0. The molecule has 1 atom stereocenters. The Kier molecular flexibility index (Phi) is 10.6. The molecular formula is C33H29Cl3N2O7S. The van der Waals surface area contributed by atoms with Crippen LogP contribution in [0, 0.1) is 0 Å². The average Bonchev–Trinajstić information content (AvgIpc) is 3.35. The Morgan fingerprint density at radius 1 is 0.935 bits per heavy atom. The maximum absolute atomic E-state index is 14.0. The van der Waals surface area contributed by atoms with Crippen LogP contribution in [0.2, 0.25) is 15.1 Å². The summed E-state index contributed by atoms with van der Waals surface area (Å²) in [4.78, 5) is 31.7. The highest BCUT2D eigenvalue weighted by Crippen LogP contribution is 2.38. The molecule has 1 aliphatic rings. The lowest BCUT2D eigenvalue weighted by atomic mass is 9.97.